The van der Waals surface area contributed by atoms with Gasteiger partial charge in [0.15, 0.2) is 0 Å². The smallest absolute Gasteiger partial charge is 0.249 e. The van der Waals surface area contributed by atoms with Crippen LogP contribution in [0.1, 0.15) is 232 Å². The Kier molecular flexibility index (Phi) is 36.6. The molecule has 0 spiro atoms. The average molecular weight is 654 g/mol. The van der Waals surface area contributed by atoms with E-state index in [-0.39, 0.29) is 6.61 Å². The summed E-state index contributed by atoms with van der Waals surface area (Å²) in [6.07, 6.45) is 40.9. The zero-order chi connectivity index (χ0) is 33.8. The number of nitrogens with one attached hydrogen (secondary N) is 1. The quantitative estimate of drug-likeness (QED) is 0.0499. The molecule has 1 amide bonds. The second kappa shape index (κ2) is 37.2. The zero-order valence-electron chi connectivity index (χ0n) is 31.2. The maximum absolute atomic E-state index is 12.4. The van der Waals surface area contributed by atoms with Crippen LogP contribution < -0.4 is 5.32 Å². The van der Waals surface area contributed by atoms with Gasteiger partial charge in [-0.2, -0.15) is 0 Å². The number of carbonyl (C=O) groups is 1. The summed E-state index contributed by atoms with van der Waals surface area (Å²) >= 11 is 0. The molecule has 276 valence electrons. The molecule has 0 bridgehead atoms. The van der Waals surface area contributed by atoms with Gasteiger partial charge in [0.05, 0.1) is 18.8 Å². The Balaban J connectivity index is 3.59. The molecule has 0 rings (SSSR count). The number of hydrogen-bond acceptors (Lipinski definition) is 4. The van der Waals surface area contributed by atoms with Crippen molar-refractivity contribution in [3.63, 3.8) is 0 Å². The van der Waals surface area contributed by atoms with Crippen molar-refractivity contribution in [1.82, 2.24) is 5.32 Å². The molecule has 0 aromatic carbocycles. The molecule has 0 aromatic heterocycles. The SMILES string of the molecule is CCCCCCCCCCCCCCCCCCCCCC(O)C(CO)NC(=O)C(O)CCCCCCCCCCCCCCC. The van der Waals surface area contributed by atoms with Gasteiger partial charge in [-0.1, -0.05) is 219 Å². The maximum atomic E-state index is 12.4. The monoisotopic (exact) mass is 654 g/mol. The lowest BCUT2D eigenvalue weighted by Gasteiger charge is -2.23. The molecule has 5 nitrogen and oxygen atoms in total. The third kappa shape index (κ3) is 31.9. The van der Waals surface area contributed by atoms with E-state index in [1.54, 1.807) is 0 Å². The lowest BCUT2D eigenvalue weighted by Crippen LogP contribution is -2.49. The Morgan fingerprint density at radius 2 is 0.696 bits per heavy atom. The van der Waals surface area contributed by atoms with E-state index in [0.717, 1.165) is 32.1 Å². The van der Waals surface area contributed by atoms with Crippen molar-refractivity contribution in [2.45, 2.75) is 250 Å². The van der Waals surface area contributed by atoms with E-state index < -0.39 is 24.2 Å². The lowest BCUT2D eigenvalue weighted by atomic mass is 10.0. The third-order valence-electron chi connectivity index (χ3n) is 9.98. The fourth-order valence-electron chi connectivity index (χ4n) is 6.66. The first-order valence-corrected chi connectivity index (χ1v) is 20.8. The molecule has 0 aromatic rings. The third-order valence-corrected chi connectivity index (χ3v) is 9.98. The van der Waals surface area contributed by atoms with Crippen molar-refractivity contribution in [3.05, 3.63) is 0 Å². The van der Waals surface area contributed by atoms with Crippen LogP contribution in [0.4, 0.5) is 0 Å². The van der Waals surface area contributed by atoms with Gasteiger partial charge in [0.2, 0.25) is 5.91 Å². The van der Waals surface area contributed by atoms with E-state index in [1.807, 2.05) is 0 Å². The van der Waals surface area contributed by atoms with E-state index in [9.17, 15) is 20.1 Å². The number of aliphatic hydroxyl groups is 3. The van der Waals surface area contributed by atoms with Crippen LogP contribution in [0, 0.1) is 0 Å². The van der Waals surface area contributed by atoms with E-state index >= 15 is 0 Å². The van der Waals surface area contributed by atoms with Crippen molar-refractivity contribution in [1.29, 1.82) is 0 Å². The van der Waals surface area contributed by atoms with Crippen molar-refractivity contribution in [2.24, 2.45) is 0 Å². The molecule has 0 aliphatic carbocycles. The normalized spacial score (nSPS) is 13.6. The summed E-state index contributed by atoms with van der Waals surface area (Å²) in [5, 5.41) is 33.2. The number of rotatable bonds is 38. The lowest BCUT2D eigenvalue weighted by molar-refractivity contribution is -0.131. The van der Waals surface area contributed by atoms with Crippen molar-refractivity contribution >= 4 is 5.91 Å². The molecule has 0 radical (unpaired) electrons. The summed E-state index contributed by atoms with van der Waals surface area (Å²) in [5.41, 5.74) is 0. The molecule has 0 saturated carbocycles. The van der Waals surface area contributed by atoms with Crippen LogP contribution in [0.2, 0.25) is 0 Å². The molecule has 4 N–H and O–H groups in total. The molecule has 0 fully saturated rings. The fourth-order valence-corrected chi connectivity index (χ4v) is 6.66. The van der Waals surface area contributed by atoms with Gasteiger partial charge in [-0.3, -0.25) is 4.79 Å². The fraction of sp³-hybridized carbons (Fsp3) is 0.976. The second-order valence-electron chi connectivity index (χ2n) is 14.6. The minimum absolute atomic E-state index is 0.308. The first kappa shape index (κ1) is 45.3. The maximum Gasteiger partial charge on any atom is 0.249 e. The first-order chi connectivity index (χ1) is 22.6. The van der Waals surface area contributed by atoms with Crippen LogP contribution in [0.5, 0.6) is 0 Å². The largest absolute Gasteiger partial charge is 0.394 e. The summed E-state index contributed by atoms with van der Waals surface area (Å²) in [6, 6.07) is -0.704. The highest BCUT2D eigenvalue weighted by Gasteiger charge is 2.23. The van der Waals surface area contributed by atoms with Crippen molar-refractivity contribution in [2.75, 3.05) is 6.61 Å². The highest BCUT2D eigenvalue weighted by molar-refractivity contribution is 5.80. The predicted molar refractivity (Wildman–Crippen MR) is 199 cm³/mol. The van der Waals surface area contributed by atoms with Gasteiger partial charge in [0, 0.05) is 0 Å². The number of aliphatic hydroxyl groups excluding tert-OH is 3. The molecule has 46 heavy (non-hydrogen) atoms. The van der Waals surface area contributed by atoms with Crippen LogP contribution in [-0.4, -0.2) is 46.1 Å². The standard InChI is InChI=1S/C41H83NO4/c1-3-5-7-9-11-13-15-17-18-19-20-21-22-24-25-27-29-31-33-35-39(44)38(37-43)42-41(46)40(45)36-34-32-30-28-26-23-16-14-12-10-8-6-4-2/h38-40,43-45H,3-37H2,1-2H3,(H,42,46). The second-order valence-corrected chi connectivity index (χ2v) is 14.6. The zero-order valence-corrected chi connectivity index (χ0v) is 31.2. The molecule has 0 heterocycles. The van der Waals surface area contributed by atoms with Gasteiger partial charge >= 0.3 is 0 Å². The van der Waals surface area contributed by atoms with Crippen LogP contribution in [0.25, 0.3) is 0 Å². The summed E-state index contributed by atoms with van der Waals surface area (Å²) < 4.78 is 0. The predicted octanol–water partition coefficient (Wildman–Crippen LogP) is 11.5. The van der Waals surface area contributed by atoms with E-state index in [4.69, 9.17) is 0 Å². The van der Waals surface area contributed by atoms with E-state index in [1.165, 1.54) is 173 Å². The van der Waals surface area contributed by atoms with Crippen molar-refractivity contribution in [3.8, 4) is 0 Å². The Morgan fingerprint density at radius 1 is 0.435 bits per heavy atom. The summed E-state index contributed by atoms with van der Waals surface area (Å²) in [5.74, 6) is -0.467. The van der Waals surface area contributed by atoms with Crippen LogP contribution in [0.3, 0.4) is 0 Å². The highest BCUT2D eigenvalue weighted by Crippen LogP contribution is 2.17. The summed E-state index contributed by atoms with van der Waals surface area (Å²) in [6.45, 7) is 4.24. The Labute approximate surface area is 287 Å². The molecule has 0 aliphatic heterocycles. The number of unbranched alkanes of at least 4 members (excludes halogenated alkanes) is 30. The Morgan fingerprint density at radius 3 is 0.978 bits per heavy atom. The molecule has 0 saturated heterocycles. The average Bonchev–Trinajstić information content (AvgIpc) is 3.06. The summed E-state index contributed by atoms with van der Waals surface area (Å²) in [4.78, 5) is 12.4. The van der Waals surface area contributed by atoms with Gasteiger partial charge < -0.3 is 20.6 Å². The molecule has 0 aliphatic rings. The summed E-state index contributed by atoms with van der Waals surface area (Å²) in [7, 11) is 0. The molecule has 5 heteroatoms. The molecule has 3 unspecified atom stereocenters. The van der Waals surface area contributed by atoms with E-state index in [2.05, 4.69) is 19.2 Å². The molecular formula is C41H83NO4. The minimum atomic E-state index is -1.07. The first-order valence-electron chi connectivity index (χ1n) is 20.8. The number of hydrogen-bond donors (Lipinski definition) is 4. The Hall–Kier alpha value is -0.650. The van der Waals surface area contributed by atoms with Gasteiger partial charge in [-0.15, -0.1) is 0 Å². The van der Waals surface area contributed by atoms with Crippen LogP contribution in [0.15, 0.2) is 0 Å². The van der Waals surface area contributed by atoms with Crippen LogP contribution in [-0.2, 0) is 4.79 Å². The highest BCUT2D eigenvalue weighted by atomic mass is 16.3. The van der Waals surface area contributed by atoms with Gasteiger partial charge in [-0.05, 0) is 12.8 Å². The van der Waals surface area contributed by atoms with Crippen molar-refractivity contribution < 1.29 is 20.1 Å². The van der Waals surface area contributed by atoms with Gasteiger partial charge in [0.25, 0.3) is 0 Å². The topological polar surface area (TPSA) is 89.8 Å². The molecular weight excluding hydrogens is 570 g/mol. The molecule has 3 atom stereocenters. The van der Waals surface area contributed by atoms with Crippen LogP contribution >= 0.6 is 0 Å². The minimum Gasteiger partial charge on any atom is -0.394 e. The van der Waals surface area contributed by atoms with Gasteiger partial charge in [-0.25, -0.2) is 0 Å². The van der Waals surface area contributed by atoms with Gasteiger partial charge in [0.1, 0.15) is 6.10 Å². The number of carbonyl (C=O) groups excluding carboxylic acids is 1. The van der Waals surface area contributed by atoms with E-state index in [0.29, 0.717) is 12.8 Å². The number of amides is 1. The Bertz CT molecular complexity index is 601.